The molecule has 5 nitrogen and oxygen atoms in total. The summed E-state index contributed by atoms with van der Waals surface area (Å²) in [5.74, 6) is -0.574. The number of carbonyl (C=O) groups is 1. The Bertz CT molecular complexity index is 822. The maximum atomic E-state index is 13.1. The fourth-order valence-electron chi connectivity index (χ4n) is 3.63. The molecule has 0 spiro atoms. The third-order valence-electron chi connectivity index (χ3n) is 4.85. The number of rotatable bonds is 6. The molecule has 0 saturated heterocycles. The molecule has 1 unspecified atom stereocenters. The zero-order valence-corrected chi connectivity index (χ0v) is 15.1. The molecule has 0 amide bonds. The van der Waals surface area contributed by atoms with Gasteiger partial charge in [-0.1, -0.05) is 26.7 Å². The smallest absolute Gasteiger partial charge is 0.311 e. The fourth-order valence-corrected chi connectivity index (χ4v) is 4.91. The summed E-state index contributed by atoms with van der Waals surface area (Å²) in [6, 6.07) is 0. The van der Waals surface area contributed by atoms with Crippen LogP contribution in [0.3, 0.4) is 0 Å². The van der Waals surface area contributed by atoms with Gasteiger partial charge in [0, 0.05) is 17.8 Å². The van der Waals surface area contributed by atoms with Crippen LogP contribution >= 0.6 is 11.3 Å². The highest BCUT2D eigenvalue weighted by atomic mass is 32.1. The summed E-state index contributed by atoms with van der Waals surface area (Å²) in [7, 11) is 0. The van der Waals surface area contributed by atoms with Gasteiger partial charge in [-0.2, -0.15) is 0 Å². The number of carboxylic acid groups (broad SMARTS) is 1. The standard InChI is InChI=1S/C18H24N2O3S/c1-3-5-6-10-20-13(4-2)19-16-15(17(20)21)14-11(18(22)23)8-7-9-12(14)24-16/h11H,3-10H2,1-2H3,(H,22,23). The van der Waals surface area contributed by atoms with Crippen LogP contribution in [0.25, 0.3) is 10.2 Å². The lowest BCUT2D eigenvalue weighted by Crippen LogP contribution is -2.27. The summed E-state index contributed by atoms with van der Waals surface area (Å²) in [4.78, 5) is 31.3. The van der Waals surface area contributed by atoms with Crippen molar-refractivity contribution in [1.29, 1.82) is 0 Å². The fraction of sp³-hybridized carbons (Fsp3) is 0.611. The van der Waals surface area contributed by atoms with Gasteiger partial charge in [-0.3, -0.25) is 14.2 Å². The summed E-state index contributed by atoms with van der Waals surface area (Å²) in [5.41, 5.74) is 0.705. The molecule has 0 aromatic carbocycles. The average molecular weight is 348 g/mol. The number of thiophene rings is 1. The van der Waals surface area contributed by atoms with Gasteiger partial charge in [-0.15, -0.1) is 11.3 Å². The van der Waals surface area contributed by atoms with E-state index in [1.807, 2.05) is 6.92 Å². The summed E-state index contributed by atoms with van der Waals surface area (Å²) in [6.07, 6.45) is 6.17. The summed E-state index contributed by atoms with van der Waals surface area (Å²) < 4.78 is 1.78. The van der Waals surface area contributed by atoms with E-state index in [-0.39, 0.29) is 5.56 Å². The minimum absolute atomic E-state index is 0.0430. The summed E-state index contributed by atoms with van der Waals surface area (Å²) in [5, 5.41) is 10.1. The number of aromatic nitrogens is 2. The number of nitrogens with zero attached hydrogens (tertiary/aromatic N) is 2. The number of carboxylic acids is 1. The monoisotopic (exact) mass is 348 g/mol. The lowest BCUT2D eigenvalue weighted by molar-refractivity contribution is -0.139. The largest absolute Gasteiger partial charge is 0.481 e. The molecule has 3 rings (SSSR count). The molecule has 0 aliphatic heterocycles. The molecule has 0 radical (unpaired) electrons. The maximum Gasteiger partial charge on any atom is 0.311 e. The van der Waals surface area contributed by atoms with Crippen molar-refractivity contribution in [3.8, 4) is 0 Å². The van der Waals surface area contributed by atoms with Gasteiger partial charge in [0.2, 0.25) is 0 Å². The Kier molecular flexibility index (Phi) is 5.04. The Hall–Kier alpha value is -1.69. The molecule has 1 aliphatic carbocycles. The number of aryl methyl sites for hydroxylation is 2. The predicted molar refractivity (Wildman–Crippen MR) is 96.1 cm³/mol. The van der Waals surface area contributed by atoms with E-state index in [0.29, 0.717) is 24.8 Å². The van der Waals surface area contributed by atoms with Gasteiger partial charge in [-0.05, 0) is 31.2 Å². The normalized spacial score (nSPS) is 17.2. The number of hydrogen-bond acceptors (Lipinski definition) is 4. The van der Waals surface area contributed by atoms with Crippen molar-refractivity contribution in [3.05, 3.63) is 26.6 Å². The van der Waals surface area contributed by atoms with Gasteiger partial charge < -0.3 is 5.11 Å². The molecule has 6 heteroatoms. The molecule has 0 bridgehead atoms. The molecule has 1 atom stereocenters. The van der Waals surface area contributed by atoms with E-state index in [0.717, 1.165) is 53.2 Å². The zero-order chi connectivity index (χ0) is 17.3. The third-order valence-corrected chi connectivity index (χ3v) is 6.01. The first kappa shape index (κ1) is 17.1. The van der Waals surface area contributed by atoms with Gasteiger partial charge in [0.15, 0.2) is 0 Å². The molecule has 2 aromatic heterocycles. The van der Waals surface area contributed by atoms with E-state index in [2.05, 4.69) is 6.92 Å². The Labute approximate surface area is 145 Å². The molecular weight excluding hydrogens is 324 g/mol. The Morgan fingerprint density at radius 3 is 2.83 bits per heavy atom. The van der Waals surface area contributed by atoms with Crippen LogP contribution in [-0.2, 0) is 24.2 Å². The summed E-state index contributed by atoms with van der Waals surface area (Å²) >= 11 is 1.51. The van der Waals surface area contributed by atoms with Crippen molar-refractivity contribution in [2.45, 2.75) is 71.3 Å². The first-order chi connectivity index (χ1) is 11.6. The molecule has 130 valence electrons. The summed E-state index contributed by atoms with van der Waals surface area (Å²) in [6.45, 7) is 4.82. The van der Waals surface area contributed by atoms with Gasteiger partial charge in [-0.25, -0.2) is 4.98 Å². The SMILES string of the molecule is CCCCCn1c(CC)nc2sc3c(c2c1=O)C(C(=O)O)CCC3. The molecule has 2 aromatic rings. The second kappa shape index (κ2) is 7.05. The maximum absolute atomic E-state index is 13.1. The van der Waals surface area contributed by atoms with Crippen LogP contribution in [-0.4, -0.2) is 20.6 Å². The zero-order valence-electron chi connectivity index (χ0n) is 14.3. The number of fused-ring (bicyclic) bond motifs is 3. The van der Waals surface area contributed by atoms with E-state index >= 15 is 0 Å². The van der Waals surface area contributed by atoms with E-state index in [1.165, 1.54) is 11.3 Å². The highest BCUT2D eigenvalue weighted by Gasteiger charge is 2.32. The van der Waals surface area contributed by atoms with Crippen molar-refractivity contribution in [3.63, 3.8) is 0 Å². The second-order valence-corrected chi connectivity index (χ2v) is 7.53. The van der Waals surface area contributed by atoms with E-state index < -0.39 is 11.9 Å². The van der Waals surface area contributed by atoms with Crippen LogP contribution in [0.15, 0.2) is 4.79 Å². The lowest BCUT2D eigenvalue weighted by atomic mass is 9.86. The number of unbranched alkanes of at least 4 members (excludes halogenated alkanes) is 2. The first-order valence-corrected chi connectivity index (χ1v) is 9.67. The van der Waals surface area contributed by atoms with Crippen molar-refractivity contribution < 1.29 is 9.90 Å². The van der Waals surface area contributed by atoms with Crippen LogP contribution in [0.2, 0.25) is 0 Å². The van der Waals surface area contributed by atoms with Crippen molar-refractivity contribution in [2.24, 2.45) is 0 Å². The van der Waals surface area contributed by atoms with Gasteiger partial charge in [0.05, 0.1) is 11.3 Å². The molecular formula is C18H24N2O3S. The van der Waals surface area contributed by atoms with Crippen molar-refractivity contribution >= 4 is 27.5 Å². The molecule has 1 aliphatic rings. The van der Waals surface area contributed by atoms with Crippen LogP contribution in [0, 0.1) is 0 Å². The average Bonchev–Trinajstić information content (AvgIpc) is 2.94. The molecule has 0 saturated carbocycles. The van der Waals surface area contributed by atoms with Crippen LogP contribution < -0.4 is 5.56 Å². The molecule has 1 N–H and O–H groups in total. The van der Waals surface area contributed by atoms with Crippen LogP contribution in [0.4, 0.5) is 0 Å². The molecule has 2 heterocycles. The third kappa shape index (κ3) is 2.88. The van der Waals surface area contributed by atoms with Crippen molar-refractivity contribution in [1.82, 2.24) is 9.55 Å². The number of aliphatic carboxylic acids is 1. The second-order valence-electron chi connectivity index (χ2n) is 6.45. The minimum Gasteiger partial charge on any atom is -0.481 e. The predicted octanol–water partition coefficient (Wildman–Crippen LogP) is 3.72. The number of hydrogen-bond donors (Lipinski definition) is 1. The van der Waals surface area contributed by atoms with E-state index in [9.17, 15) is 14.7 Å². The van der Waals surface area contributed by atoms with Gasteiger partial charge in [0.1, 0.15) is 10.7 Å². The molecule has 24 heavy (non-hydrogen) atoms. The Morgan fingerprint density at radius 2 is 2.17 bits per heavy atom. The highest BCUT2D eigenvalue weighted by molar-refractivity contribution is 7.18. The Balaban J connectivity index is 2.19. The minimum atomic E-state index is -0.827. The highest BCUT2D eigenvalue weighted by Crippen LogP contribution is 2.40. The molecule has 0 fully saturated rings. The van der Waals surface area contributed by atoms with E-state index in [1.54, 1.807) is 4.57 Å². The van der Waals surface area contributed by atoms with Gasteiger partial charge >= 0.3 is 5.97 Å². The Morgan fingerprint density at radius 1 is 1.38 bits per heavy atom. The quantitative estimate of drug-likeness (QED) is 0.808. The van der Waals surface area contributed by atoms with Gasteiger partial charge in [0.25, 0.3) is 5.56 Å². The van der Waals surface area contributed by atoms with E-state index in [4.69, 9.17) is 4.98 Å². The topological polar surface area (TPSA) is 72.2 Å². The lowest BCUT2D eigenvalue weighted by Gasteiger charge is -2.19. The van der Waals surface area contributed by atoms with Crippen LogP contribution in [0.1, 0.15) is 68.1 Å². The van der Waals surface area contributed by atoms with Crippen molar-refractivity contribution in [2.75, 3.05) is 0 Å². The van der Waals surface area contributed by atoms with Crippen LogP contribution in [0.5, 0.6) is 0 Å². The first-order valence-electron chi connectivity index (χ1n) is 8.86.